The van der Waals surface area contributed by atoms with Gasteiger partial charge in [0.05, 0.1) is 0 Å². The van der Waals surface area contributed by atoms with Crippen molar-refractivity contribution in [2.24, 2.45) is 5.92 Å². The quantitative estimate of drug-likeness (QED) is 0.752. The summed E-state index contributed by atoms with van der Waals surface area (Å²) in [7, 11) is 0. The Morgan fingerprint density at radius 2 is 2.08 bits per heavy atom. The first-order chi connectivity index (χ1) is 6.18. The zero-order chi connectivity index (χ0) is 9.68. The van der Waals surface area contributed by atoms with E-state index in [4.69, 9.17) is 0 Å². The topological polar surface area (TPSA) is 12.0 Å². The summed E-state index contributed by atoms with van der Waals surface area (Å²) < 4.78 is 0. The van der Waals surface area contributed by atoms with Gasteiger partial charge in [0.15, 0.2) is 0 Å². The average molecular weight is 197 g/mol. The lowest BCUT2D eigenvalue weighted by Crippen LogP contribution is -2.15. The van der Waals surface area contributed by atoms with Gasteiger partial charge in [-0.3, -0.25) is 0 Å². The predicted molar refractivity (Wildman–Crippen MR) is 61.5 cm³/mol. The highest BCUT2D eigenvalue weighted by Crippen LogP contribution is 2.15. The Balaban J connectivity index is 2.22. The van der Waals surface area contributed by atoms with Gasteiger partial charge in [-0.2, -0.15) is 11.3 Å². The highest BCUT2D eigenvalue weighted by molar-refractivity contribution is 7.08. The summed E-state index contributed by atoms with van der Waals surface area (Å²) >= 11 is 1.74. The molecule has 0 fully saturated rings. The van der Waals surface area contributed by atoms with Gasteiger partial charge in [0.1, 0.15) is 0 Å². The fourth-order valence-corrected chi connectivity index (χ4v) is 1.88. The summed E-state index contributed by atoms with van der Waals surface area (Å²) in [4.78, 5) is 0. The molecule has 1 N–H and O–H groups in total. The van der Waals surface area contributed by atoms with Crippen LogP contribution in [0.2, 0.25) is 0 Å². The lowest BCUT2D eigenvalue weighted by Gasteiger charge is -2.14. The van der Waals surface area contributed by atoms with E-state index in [1.54, 1.807) is 11.3 Å². The monoisotopic (exact) mass is 197 g/mol. The predicted octanol–water partition coefficient (Wildman–Crippen LogP) is 3.98. The maximum absolute atomic E-state index is 3.49. The Morgan fingerprint density at radius 3 is 2.62 bits per heavy atom. The molecule has 0 saturated carbocycles. The van der Waals surface area contributed by atoms with E-state index in [0.29, 0.717) is 6.04 Å². The Hall–Kier alpha value is -0.500. The molecule has 0 amide bonds. The van der Waals surface area contributed by atoms with Crippen molar-refractivity contribution in [2.45, 2.75) is 39.7 Å². The summed E-state index contributed by atoms with van der Waals surface area (Å²) in [6.07, 6.45) is 2.56. The first-order valence-electron chi connectivity index (χ1n) is 4.97. The number of anilines is 1. The van der Waals surface area contributed by atoms with Gasteiger partial charge in [-0.25, -0.2) is 0 Å². The van der Waals surface area contributed by atoms with Gasteiger partial charge in [-0.1, -0.05) is 13.8 Å². The molecule has 2 heteroatoms. The molecule has 0 saturated heterocycles. The van der Waals surface area contributed by atoms with E-state index in [2.05, 4.69) is 42.9 Å². The van der Waals surface area contributed by atoms with Gasteiger partial charge >= 0.3 is 0 Å². The Labute approximate surface area is 85.2 Å². The van der Waals surface area contributed by atoms with Crippen LogP contribution < -0.4 is 5.32 Å². The molecule has 1 nitrogen and oxygen atoms in total. The van der Waals surface area contributed by atoms with E-state index >= 15 is 0 Å². The van der Waals surface area contributed by atoms with Crippen LogP contribution >= 0.6 is 11.3 Å². The molecule has 13 heavy (non-hydrogen) atoms. The third-order valence-corrected chi connectivity index (χ3v) is 2.79. The van der Waals surface area contributed by atoms with Crippen molar-refractivity contribution in [3.63, 3.8) is 0 Å². The lowest BCUT2D eigenvalue weighted by molar-refractivity contribution is 0.528. The molecular weight excluding hydrogens is 178 g/mol. The van der Waals surface area contributed by atoms with Crippen LogP contribution in [0.5, 0.6) is 0 Å². The van der Waals surface area contributed by atoms with E-state index in [9.17, 15) is 0 Å². The minimum Gasteiger partial charge on any atom is -0.382 e. The van der Waals surface area contributed by atoms with E-state index in [0.717, 1.165) is 5.92 Å². The van der Waals surface area contributed by atoms with Crippen molar-refractivity contribution in [2.75, 3.05) is 5.32 Å². The van der Waals surface area contributed by atoms with E-state index in [1.165, 1.54) is 18.5 Å². The lowest BCUT2D eigenvalue weighted by atomic mass is 10.0. The molecule has 74 valence electrons. The standard InChI is InChI=1S/C11H19NS/c1-9(2)4-5-10(3)12-11-6-7-13-8-11/h6-10,12H,4-5H2,1-3H3. The Kier molecular flexibility index (Phi) is 4.29. The number of hydrogen-bond donors (Lipinski definition) is 1. The number of nitrogens with one attached hydrogen (secondary N) is 1. The van der Waals surface area contributed by atoms with Crippen LogP contribution in [-0.4, -0.2) is 6.04 Å². The summed E-state index contributed by atoms with van der Waals surface area (Å²) in [5.41, 5.74) is 1.27. The van der Waals surface area contributed by atoms with Crippen molar-refractivity contribution in [1.82, 2.24) is 0 Å². The molecule has 1 rings (SSSR count). The van der Waals surface area contributed by atoms with Gasteiger partial charge < -0.3 is 5.32 Å². The SMILES string of the molecule is CC(C)CCC(C)Nc1ccsc1. The molecule has 1 atom stereocenters. The van der Waals surface area contributed by atoms with Crippen molar-refractivity contribution in [3.8, 4) is 0 Å². The van der Waals surface area contributed by atoms with Gasteiger partial charge in [-0.15, -0.1) is 0 Å². The second-order valence-electron chi connectivity index (χ2n) is 4.03. The third kappa shape index (κ3) is 4.32. The van der Waals surface area contributed by atoms with Crippen LogP contribution in [-0.2, 0) is 0 Å². The molecule has 1 aromatic rings. The van der Waals surface area contributed by atoms with Crippen molar-refractivity contribution in [3.05, 3.63) is 16.8 Å². The van der Waals surface area contributed by atoms with Gasteiger partial charge in [0.25, 0.3) is 0 Å². The third-order valence-electron chi connectivity index (χ3n) is 2.11. The normalized spacial score (nSPS) is 13.2. The molecule has 1 heterocycles. The van der Waals surface area contributed by atoms with Crippen molar-refractivity contribution >= 4 is 17.0 Å². The zero-order valence-electron chi connectivity index (χ0n) is 8.71. The highest BCUT2D eigenvalue weighted by atomic mass is 32.1. The average Bonchev–Trinajstić information content (AvgIpc) is 2.53. The van der Waals surface area contributed by atoms with E-state index < -0.39 is 0 Å². The van der Waals surface area contributed by atoms with Crippen molar-refractivity contribution in [1.29, 1.82) is 0 Å². The maximum Gasteiger partial charge on any atom is 0.0450 e. The molecule has 0 bridgehead atoms. The van der Waals surface area contributed by atoms with E-state index in [-0.39, 0.29) is 0 Å². The maximum atomic E-state index is 3.49. The first-order valence-corrected chi connectivity index (χ1v) is 5.91. The van der Waals surface area contributed by atoms with Crippen LogP contribution in [0.3, 0.4) is 0 Å². The minimum atomic E-state index is 0.594. The van der Waals surface area contributed by atoms with Crippen molar-refractivity contribution < 1.29 is 0 Å². The largest absolute Gasteiger partial charge is 0.382 e. The van der Waals surface area contributed by atoms with Gasteiger partial charge in [-0.05, 0) is 37.1 Å². The Bertz CT molecular complexity index is 216. The second-order valence-corrected chi connectivity index (χ2v) is 4.81. The van der Waals surface area contributed by atoms with Crippen LogP contribution in [0, 0.1) is 5.92 Å². The summed E-state index contributed by atoms with van der Waals surface area (Å²) in [5.74, 6) is 0.812. The molecule has 1 aromatic heterocycles. The Morgan fingerprint density at radius 1 is 1.31 bits per heavy atom. The zero-order valence-corrected chi connectivity index (χ0v) is 9.53. The molecule has 0 aliphatic heterocycles. The molecule has 0 radical (unpaired) electrons. The van der Waals surface area contributed by atoms with Crippen LogP contribution in [0.4, 0.5) is 5.69 Å². The van der Waals surface area contributed by atoms with Gasteiger partial charge in [0, 0.05) is 17.1 Å². The van der Waals surface area contributed by atoms with Crippen LogP contribution in [0.15, 0.2) is 16.8 Å². The number of rotatable bonds is 5. The fourth-order valence-electron chi connectivity index (χ4n) is 1.29. The highest BCUT2D eigenvalue weighted by Gasteiger charge is 2.03. The summed E-state index contributed by atoms with van der Waals surface area (Å²) in [5, 5.41) is 7.75. The molecule has 1 unspecified atom stereocenters. The summed E-state index contributed by atoms with van der Waals surface area (Å²) in [6.45, 7) is 6.80. The summed E-state index contributed by atoms with van der Waals surface area (Å²) in [6, 6.07) is 2.73. The molecule has 0 spiro atoms. The fraction of sp³-hybridized carbons (Fsp3) is 0.636. The number of hydrogen-bond acceptors (Lipinski definition) is 2. The molecule has 0 aromatic carbocycles. The number of thiophene rings is 1. The molecule has 0 aliphatic carbocycles. The smallest absolute Gasteiger partial charge is 0.0450 e. The molecular formula is C11H19NS. The second kappa shape index (κ2) is 5.28. The van der Waals surface area contributed by atoms with Gasteiger partial charge in [0.2, 0.25) is 0 Å². The minimum absolute atomic E-state index is 0.594. The van der Waals surface area contributed by atoms with E-state index in [1.807, 2.05) is 0 Å². The first kappa shape index (κ1) is 10.6. The van der Waals surface area contributed by atoms with Crippen LogP contribution in [0.1, 0.15) is 33.6 Å². The van der Waals surface area contributed by atoms with Crippen LogP contribution in [0.25, 0.3) is 0 Å². The molecule has 0 aliphatic rings.